The molecular weight excluding hydrogens is 180 g/mol. The summed E-state index contributed by atoms with van der Waals surface area (Å²) in [5.41, 5.74) is 5.99. The van der Waals surface area contributed by atoms with E-state index >= 15 is 0 Å². The van der Waals surface area contributed by atoms with Crippen molar-refractivity contribution in [1.82, 2.24) is 15.1 Å². The van der Waals surface area contributed by atoms with Gasteiger partial charge in [0.15, 0.2) is 0 Å². The van der Waals surface area contributed by atoms with Crippen molar-refractivity contribution in [2.45, 2.75) is 19.8 Å². The van der Waals surface area contributed by atoms with E-state index < -0.39 is 0 Å². The Labute approximate surface area is 83.3 Å². The summed E-state index contributed by atoms with van der Waals surface area (Å²) in [6.07, 6.45) is 3.53. The molecule has 3 N–H and O–H groups in total. The summed E-state index contributed by atoms with van der Waals surface area (Å²) in [5, 5.41) is 6.25. The maximum absolute atomic E-state index is 11.7. The fourth-order valence-electron chi connectivity index (χ4n) is 1.17. The summed E-state index contributed by atoms with van der Waals surface area (Å²) in [6.45, 7) is 2.84. The van der Waals surface area contributed by atoms with Crippen LogP contribution in [-0.4, -0.2) is 34.6 Å². The number of carbonyl (C=O) groups excluding carboxylic acids is 1. The van der Waals surface area contributed by atoms with Gasteiger partial charge in [0, 0.05) is 13.6 Å². The molecule has 5 heteroatoms. The van der Waals surface area contributed by atoms with Crippen LogP contribution in [0.5, 0.6) is 0 Å². The van der Waals surface area contributed by atoms with E-state index in [1.165, 1.54) is 6.20 Å². The van der Waals surface area contributed by atoms with Crippen molar-refractivity contribution in [2.75, 3.05) is 19.3 Å². The molecule has 0 aliphatic carbocycles. The predicted octanol–water partition coefficient (Wildman–Crippen LogP) is 0.864. The summed E-state index contributed by atoms with van der Waals surface area (Å²) in [5.74, 6) is 0.253. The van der Waals surface area contributed by atoms with Crippen LogP contribution < -0.4 is 5.73 Å². The summed E-state index contributed by atoms with van der Waals surface area (Å²) < 4.78 is 0. The van der Waals surface area contributed by atoms with Crippen LogP contribution in [0.2, 0.25) is 0 Å². The quantitative estimate of drug-likeness (QED) is 0.750. The topological polar surface area (TPSA) is 75.0 Å². The van der Waals surface area contributed by atoms with Crippen molar-refractivity contribution in [3.63, 3.8) is 0 Å². The molecule has 0 saturated heterocycles. The highest BCUT2D eigenvalue weighted by molar-refractivity contribution is 5.97. The molecule has 0 aromatic carbocycles. The second-order valence-corrected chi connectivity index (χ2v) is 3.28. The van der Waals surface area contributed by atoms with Crippen molar-refractivity contribution in [3.8, 4) is 0 Å². The number of anilines is 1. The van der Waals surface area contributed by atoms with Crippen LogP contribution in [0.15, 0.2) is 6.20 Å². The first-order chi connectivity index (χ1) is 6.66. The van der Waals surface area contributed by atoms with Gasteiger partial charge in [-0.25, -0.2) is 0 Å². The van der Waals surface area contributed by atoms with Crippen molar-refractivity contribution >= 4 is 11.7 Å². The minimum absolute atomic E-state index is 0.0790. The third-order valence-electron chi connectivity index (χ3n) is 2.09. The highest BCUT2D eigenvalue weighted by Crippen LogP contribution is 2.09. The number of aromatic nitrogens is 2. The third-order valence-corrected chi connectivity index (χ3v) is 2.09. The van der Waals surface area contributed by atoms with Crippen molar-refractivity contribution < 1.29 is 4.79 Å². The van der Waals surface area contributed by atoms with E-state index in [1.807, 2.05) is 0 Å². The largest absolute Gasteiger partial charge is 0.383 e. The molecule has 14 heavy (non-hydrogen) atoms. The lowest BCUT2D eigenvalue weighted by Crippen LogP contribution is -2.27. The van der Waals surface area contributed by atoms with E-state index in [0.29, 0.717) is 11.4 Å². The van der Waals surface area contributed by atoms with Gasteiger partial charge in [0.05, 0.1) is 6.20 Å². The second-order valence-electron chi connectivity index (χ2n) is 3.28. The van der Waals surface area contributed by atoms with Gasteiger partial charge in [0.25, 0.3) is 5.91 Å². The summed E-state index contributed by atoms with van der Waals surface area (Å²) in [4.78, 5) is 13.4. The summed E-state index contributed by atoms with van der Waals surface area (Å²) in [7, 11) is 1.77. The molecule has 0 aliphatic heterocycles. The molecule has 1 aromatic heterocycles. The number of rotatable bonds is 4. The Kier molecular flexibility index (Phi) is 3.50. The lowest BCUT2D eigenvalue weighted by atomic mass is 10.2. The molecule has 0 unspecified atom stereocenters. The van der Waals surface area contributed by atoms with Gasteiger partial charge >= 0.3 is 0 Å². The predicted molar refractivity (Wildman–Crippen MR) is 54.9 cm³/mol. The third kappa shape index (κ3) is 2.25. The number of hydrogen-bond donors (Lipinski definition) is 2. The monoisotopic (exact) mass is 196 g/mol. The first-order valence-electron chi connectivity index (χ1n) is 4.71. The van der Waals surface area contributed by atoms with Crippen LogP contribution in [0, 0.1) is 0 Å². The molecule has 1 heterocycles. The Balaban J connectivity index is 2.61. The Morgan fingerprint density at radius 1 is 1.71 bits per heavy atom. The normalized spacial score (nSPS) is 10.1. The Hall–Kier alpha value is -1.52. The number of H-pyrrole nitrogens is 1. The van der Waals surface area contributed by atoms with E-state index in [1.54, 1.807) is 11.9 Å². The van der Waals surface area contributed by atoms with E-state index in [4.69, 9.17) is 5.73 Å². The maximum Gasteiger partial charge on any atom is 0.258 e. The van der Waals surface area contributed by atoms with Gasteiger partial charge < -0.3 is 10.6 Å². The van der Waals surface area contributed by atoms with Crippen LogP contribution in [0.1, 0.15) is 30.1 Å². The van der Waals surface area contributed by atoms with Crippen molar-refractivity contribution in [1.29, 1.82) is 0 Å². The lowest BCUT2D eigenvalue weighted by molar-refractivity contribution is 0.0794. The maximum atomic E-state index is 11.7. The lowest BCUT2D eigenvalue weighted by Gasteiger charge is -2.15. The number of nitrogens with zero attached hydrogens (tertiary/aromatic N) is 2. The van der Waals surface area contributed by atoms with Gasteiger partial charge in [-0.15, -0.1) is 0 Å². The van der Waals surface area contributed by atoms with Crippen LogP contribution in [0.25, 0.3) is 0 Å². The van der Waals surface area contributed by atoms with E-state index in [0.717, 1.165) is 19.4 Å². The number of unbranched alkanes of at least 4 members (excludes halogenated alkanes) is 1. The zero-order valence-electron chi connectivity index (χ0n) is 8.58. The van der Waals surface area contributed by atoms with Gasteiger partial charge in [0.2, 0.25) is 0 Å². The first-order valence-corrected chi connectivity index (χ1v) is 4.71. The van der Waals surface area contributed by atoms with Gasteiger partial charge in [-0.2, -0.15) is 5.10 Å². The summed E-state index contributed by atoms with van der Waals surface area (Å²) >= 11 is 0. The molecule has 0 bridgehead atoms. The van der Waals surface area contributed by atoms with Crippen LogP contribution >= 0.6 is 0 Å². The molecule has 78 valence electrons. The first kappa shape index (κ1) is 10.6. The van der Waals surface area contributed by atoms with Gasteiger partial charge in [-0.3, -0.25) is 9.89 Å². The van der Waals surface area contributed by atoms with Crippen LogP contribution in [0.4, 0.5) is 5.82 Å². The number of aromatic amines is 1. The molecule has 0 aliphatic rings. The fourth-order valence-corrected chi connectivity index (χ4v) is 1.17. The number of nitrogens with two attached hydrogens (primary N) is 1. The summed E-state index contributed by atoms with van der Waals surface area (Å²) in [6, 6.07) is 0. The minimum Gasteiger partial charge on any atom is -0.383 e. The zero-order valence-corrected chi connectivity index (χ0v) is 8.58. The number of nitrogens with one attached hydrogen (secondary N) is 1. The minimum atomic E-state index is -0.0790. The average Bonchev–Trinajstić information content (AvgIpc) is 2.59. The highest BCUT2D eigenvalue weighted by Gasteiger charge is 2.15. The van der Waals surface area contributed by atoms with Gasteiger partial charge in [-0.1, -0.05) is 13.3 Å². The molecule has 1 rings (SSSR count). The van der Waals surface area contributed by atoms with Gasteiger partial charge in [0.1, 0.15) is 11.4 Å². The SMILES string of the molecule is CCCCN(C)C(=O)c1cn[nH]c1N. The van der Waals surface area contributed by atoms with Gasteiger partial charge in [-0.05, 0) is 6.42 Å². The fraction of sp³-hybridized carbons (Fsp3) is 0.556. The highest BCUT2D eigenvalue weighted by atomic mass is 16.2. The molecule has 0 fully saturated rings. The molecular formula is C9H16N4O. The van der Waals surface area contributed by atoms with Crippen LogP contribution in [0.3, 0.4) is 0 Å². The Bertz CT molecular complexity index is 308. The van der Waals surface area contributed by atoms with Crippen molar-refractivity contribution in [2.24, 2.45) is 0 Å². The number of carbonyl (C=O) groups is 1. The molecule has 0 saturated carbocycles. The van der Waals surface area contributed by atoms with Crippen molar-refractivity contribution in [3.05, 3.63) is 11.8 Å². The number of amides is 1. The zero-order chi connectivity index (χ0) is 10.6. The van der Waals surface area contributed by atoms with E-state index in [2.05, 4.69) is 17.1 Å². The number of nitrogen functional groups attached to an aromatic ring is 1. The van der Waals surface area contributed by atoms with E-state index in [-0.39, 0.29) is 5.91 Å². The average molecular weight is 196 g/mol. The Morgan fingerprint density at radius 2 is 2.43 bits per heavy atom. The Morgan fingerprint density at radius 3 is 2.93 bits per heavy atom. The second kappa shape index (κ2) is 4.64. The molecule has 0 spiro atoms. The molecule has 5 nitrogen and oxygen atoms in total. The number of hydrogen-bond acceptors (Lipinski definition) is 3. The molecule has 0 radical (unpaired) electrons. The molecule has 1 amide bonds. The molecule has 0 atom stereocenters. The standard InChI is InChI=1S/C9H16N4O/c1-3-4-5-13(2)9(14)7-6-11-12-8(7)10/h6H,3-5H2,1-2H3,(H3,10,11,12). The smallest absolute Gasteiger partial charge is 0.258 e. The van der Waals surface area contributed by atoms with Crippen LogP contribution in [-0.2, 0) is 0 Å². The molecule has 1 aromatic rings. The van der Waals surface area contributed by atoms with E-state index in [9.17, 15) is 4.79 Å².